The molecule has 18 heavy (non-hydrogen) atoms. The first kappa shape index (κ1) is 14.1. The average Bonchev–Trinajstić information content (AvgIpc) is 2.23. The highest BCUT2D eigenvalue weighted by atomic mass is 16.6. The topological polar surface area (TPSA) is 58.6 Å². The van der Waals surface area contributed by atoms with Gasteiger partial charge in [0.1, 0.15) is 11.4 Å². The number of nitrogens with one attached hydrogen (secondary N) is 1. The molecule has 0 aromatic heterocycles. The molecule has 0 radical (unpaired) electrons. The fourth-order valence-corrected chi connectivity index (χ4v) is 1.32. The molecule has 0 saturated carbocycles. The minimum atomic E-state index is -0.517. The van der Waals surface area contributed by atoms with Crippen LogP contribution in [0.15, 0.2) is 30.8 Å². The van der Waals surface area contributed by atoms with Crippen LogP contribution in [0.2, 0.25) is 0 Å². The third kappa shape index (κ3) is 4.91. The summed E-state index contributed by atoms with van der Waals surface area (Å²) in [6.07, 6.45) is -0.483. The summed E-state index contributed by atoms with van der Waals surface area (Å²) in [7, 11) is 0. The smallest absolute Gasteiger partial charge is 0.407 e. The van der Waals surface area contributed by atoms with Crippen LogP contribution in [0, 0.1) is 0 Å². The number of carbonyl (C=O) groups is 1. The third-order valence-corrected chi connectivity index (χ3v) is 2.10. The summed E-state index contributed by atoms with van der Waals surface area (Å²) >= 11 is 0. The van der Waals surface area contributed by atoms with E-state index in [0.29, 0.717) is 5.57 Å². The number of aromatic hydroxyl groups is 1. The monoisotopic (exact) mass is 249 g/mol. The van der Waals surface area contributed by atoms with Gasteiger partial charge in [-0.1, -0.05) is 18.7 Å². The van der Waals surface area contributed by atoms with Crippen LogP contribution >= 0.6 is 0 Å². The SMILES string of the molecule is C=C(CNC(=O)OC(C)(C)C)c1cccc(O)c1. The Morgan fingerprint density at radius 3 is 2.67 bits per heavy atom. The second-order valence-corrected chi connectivity index (χ2v) is 5.01. The van der Waals surface area contributed by atoms with Gasteiger partial charge in [-0.25, -0.2) is 4.79 Å². The Morgan fingerprint density at radius 2 is 2.11 bits per heavy atom. The largest absolute Gasteiger partial charge is 0.508 e. The Labute approximate surface area is 107 Å². The fourth-order valence-electron chi connectivity index (χ4n) is 1.32. The van der Waals surface area contributed by atoms with Crippen LogP contribution in [-0.4, -0.2) is 23.3 Å². The maximum atomic E-state index is 11.4. The molecule has 0 fully saturated rings. The highest BCUT2D eigenvalue weighted by Crippen LogP contribution is 2.17. The van der Waals surface area contributed by atoms with Crippen molar-refractivity contribution in [1.29, 1.82) is 0 Å². The number of hydrogen-bond acceptors (Lipinski definition) is 3. The molecule has 1 rings (SSSR count). The van der Waals surface area contributed by atoms with E-state index >= 15 is 0 Å². The zero-order valence-corrected chi connectivity index (χ0v) is 11.0. The molecule has 0 unspecified atom stereocenters. The Morgan fingerprint density at radius 1 is 1.44 bits per heavy atom. The van der Waals surface area contributed by atoms with E-state index in [4.69, 9.17) is 4.74 Å². The number of phenols is 1. The predicted octanol–water partition coefficient (Wildman–Crippen LogP) is 2.93. The molecule has 0 atom stereocenters. The fraction of sp³-hybridized carbons (Fsp3) is 0.357. The standard InChI is InChI=1S/C14H19NO3/c1-10(11-6-5-7-12(16)8-11)9-15-13(17)18-14(2,3)4/h5-8,16H,1,9H2,2-4H3,(H,15,17). The Balaban J connectivity index is 2.49. The van der Waals surface area contributed by atoms with E-state index in [2.05, 4.69) is 11.9 Å². The van der Waals surface area contributed by atoms with Crippen LogP contribution < -0.4 is 5.32 Å². The summed E-state index contributed by atoms with van der Waals surface area (Å²) in [4.78, 5) is 11.4. The molecule has 1 aromatic rings. The van der Waals surface area contributed by atoms with Crippen LogP contribution in [0.3, 0.4) is 0 Å². The second kappa shape index (κ2) is 5.58. The number of phenolic OH excluding ortho intramolecular Hbond substituents is 1. The first-order valence-corrected chi connectivity index (χ1v) is 5.72. The summed E-state index contributed by atoms with van der Waals surface area (Å²) in [6, 6.07) is 6.72. The molecule has 0 heterocycles. The molecular formula is C14H19NO3. The van der Waals surface area contributed by atoms with Gasteiger partial charge in [0.25, 0.3) is 0 Å². The lowest BCUT2D eigenvalue weighted by molar-refractivity contribution is 0.0535. The van der Waals surface area contributed by atoms with Gasteiger partial charge in [0.05, 0.1) is 0 Å². The van der Waals surface area contributed by atoms with Crippen molar-refractivity contribution < 1.29 is 14.6 Å². The van der Waals surface area contributed by atoms with Gasteiger partial charge in [-0.15, -0.1) is 0 Å². The molecule has 0 aliphatic carbocycles. The van der Waals surface area contributed by atoms with Gasteiger partial charge in [-0.05, 0) is 44.0 Å². The Hall–Kier alpha value is -1.97. The van der Waals surface area contributed by atoms with Gasteiger partial charge in [0.2, 0.25) is 0 Å². The summed E-state index contributed by atoms with van der Waals surface area (Å²) in [5.41, 5.74) is 0.971. The number of ether oxygens (including phenoxy) is 1. The average molecular weight is 249 g/mol. The molecule has 98 valence electrons. The number of carbonyl (C=O) groups excluding carboxylic acids is 1. The van der Waals surface area contributed by atoms with E-state index in [9.17, 15) is 9.90 Å². The van der Waals surface area contributed by atoms with E-state index in [0.717, 1.165) is 5.56 Å². The molecule has 0 bridgehead atoms. The molecule has 0 spiro atoms. The maximum absolute atomic E-state index is 11.4. The lowest BCUT2D eigenvalue weighted by Gasteiger charge is -2.20. The number of rotatable bonds is 3. The molecule has 4 heteroatoms. The van der Waals surface area contributed by atoms with Crippen LogP contribution in [0.1, 0.15) is 26.3 Å². The zero-order chi connectivity index (χ0) is 13.8. The van der Waals surface area contributed by atoms with Crippen molar-refractivity contribution in [3.8, 4) is 5.75 Å². The summed E-state index contributed by atoms with van der Waals surface area (Å²) < 4.78 is 5.11. The van der Waals surface area contributed by atoms with Gasteiger partial charge in [0.15, 0.2) is 0 Å². The molecule has 2 N–H and O–H groups in total. The highest BCUT2D eigenvalue weighted by molar-refractivity contribution is 5.73. The molecular weight excluding hydrogens is 230 g/mol. The van der Waals surface area contributed by atoms with Crippen molar-refractivity contribution in [3.05, 3.63) is 36.4 Å². The lowest BCUT2D eigenvalue weighted by atomic mass is 10.1. The van der Waals surface area contributed by atoms with Crippen molar-refractivity contribution in [1.82, 2.24) is 5.32 Å². The molecule has 0 aliphatic heterocycles. The minimum Gasteiger partial charge on any atom is -0.508 e. The zero-order valence-electron chi connectivity index (χ0n) is 11.0. The number of amides is 1. The van der Waals surface area contributed by atoms with Crippen LogP contribution in [0.5, 0.6) is 5.75 Å². The van der Waals surface area contributed by atoms with E-state index in [1.165, 1.54) is 0 Å². The van der Waals surface area contributed by atoms with Crippen molar-refractivity contribution in [2.45, 2.75) is 26.4 Å². The van der Waals surface area contributed by atoms with Crippen molar-refractivity contribution >= 4 is 11.7 Å². The molecule has 0 aliphatic rings. The minimum absolute atomic E-state index is 0.172. The summed E-state index contributed by atoms with van der Waals surface area (Å²) in [5, 5.41) is 12.0. The van der Waals surface area contributed by atoms with Gasteiger partial charge in [-0.3, -0.25) is 0 Å². The maximum Gasteiger partial charge on any atom is 0.407 e. The van der Waals surface area contributed by atoms with E-state index in [1.54, 1.807) is 39.0 Å². The van der Waals surface area contributed by atoms with Gasteiger partial charge in [-0.2, -0.15) is 0 Å². The molecule has 0 saturated heterocycles. The normalized spacial score (nSPS) is 10.8. The van der Waals surface area contributed by atoms with Crippen molar-refractivity contribution in [2.75, 3.05) is 6.54 Å². The van der Waals surface area contributed by atoms with Gasteiger partial charge < -0.3 is 15.2 Å². The molecule has 1 amide bonds. The Bertz CT molecular complexity index is 447. The number of benzene rings is 1. The van der Waals surface area contributed by atoms with E-state index < -0.39 is 11.7 Å². The van der Waals surface area contributed by atoms with Crippen LogP contribution in [0.25, 0.3) is 5.57 Å². The quantitative estimate of drug-likeness (QED) is 0.866. The predicted molar refractivity (Wildman–Crippen MR) is 71.4 cm³/mol. The van der Waals surface area contributed by atoms with E-state index in [1.807, 2.05) is 6.07 Å². The van der Waals surface area contributed by atoms with Crippen molar-refractivity contribution in [3.63, 3.8) is 0 Å². The van der Waals surface area contributed by atoms with Gasteiger partial charge >= 0.3 is 6.09 Å². The molecule has 1 aromatic carbocycles. The van der Waals surface area contributed by atoms with Crippen LogP contribution in [-0.2, 0) is 4.74 Å². The van der Waals surface area contributed by atoms with Gasteiger partial charge in [0, 0.05) is 6.54 Å². The summed E-state index contributed by atoms with van der Waals surface area (Å²) in [5.74, 6) is 0.172. The third-order valence-electron chi connectivity index (χ3n) is 2.10. The molecule has 4 nitrogen and oxygen atoms in total. The summed E-state index contributed by atoms with van der Waals surface area (Å²) in [6.45, 7) is 9.54. The number of alkyl carbamates (subject to hydrolysis) is 1. The first-order valence-electron chi connectivity index (χ1n) is 5.72. The lowest BCUT2D eigenvalue weighted by Crippen LogP contribution is -2.33. The number of hydrogen-bond donors (Lipinski definition) is 2. The van der Waals surface area contributed by atoms with Crippen LogP contribution in [0.4, 0.5) is 4.79 Å². The highest BCUT2D eigenvalue weighted by Gasteiger charge is 2.15. The van der Waals surface area contributed by atoms with Crippen molar-refractivity contribution in [2.24, 2.45) is 0 Å². The Kier molecular flexibility index (Phi) is 4.37. The van der Waals surface area contributed by atoms with E-state index in [-0.39, 0.29) is 12.3 Å². The second-order valence-electron chi connectivity index (χ2n) is 5.01. The first-order chi connectivity index (χ1) is 8.28.